The highest BCUT2D eigenvalue weighted by molar-refractivity contribution is 7.80. The molecule has 0 atom stereocenters. The van der Waals surface area contributed by atoms with Crippen LogP contribution in [0.25, 0.3) is 0 Å². The standard InChI is InChI=1S/C13H17FN2OS/c1-9-5-6-11(14)10(8-9)13(17)16-7-3-2-4-12(15)18/h5-6,8H,2-4,7H2,1H3,(H2,15,18)(H,16,17). The van der Waals surface area contributed by atoms with Gasteiger partial charge in [0.05, 0.1) is 10.6 Å². The highest BCUT2D eigenvalue weighted by atomic mass is 32.1. The first-order chi connectivity index (χ1) is 8.50. The Morgan fingerprint density at radius 1 is 1.44 bits per heavy atom. The third-order valence-electron chi connectivity index (χ3n) is 2.50. The predicted molar refractivity (Wildman–Crippen MR) is 74.1 cm³/mol. The van der Waals surface area contributed by atoms with Gasteiger partial charge < -0.3 is 11.1 Å². The Bertz CT molecular complexity index is 449. The van der Waals surface area contributed by atoms with Gasteiger partial charge in [-0.05, 0) is 38.3 Å². The fourth-order valence-electron chi connectivity index (χ4n) is 1.53. The van der Waals surface area contributed by atoms with E-state index in [2.05, 4.69) is 5.32 Å². The number of unbranched alkanes of at least 4 members (excludes halogenated alkanes) is 1. The third kappa shape index (κ3) is 4.79. The van der Waals surface area contributed by atoms with Crippen molar-refractivity contribution in [3.63, 3.8) is 0 Å². The molecular weight excluding hydrogens is 251 g/mol. The molecule has 0 radical (unpaired) electrons. The van der Waals surface area contributed by atoms with Crippen LogP contribution in [0.4, 0.5) is 4.39 Å². The molecule has 1 aromatic rings. The van der Waals surface area contributed by atoms with Gasteiger partial charge >= 0.3 is 0 Å². The van der Waals surface area contributed by atoms with Crippen molar-refractivity contribution >= 4 is 23.1 Å². The van der Waals surface area contributed by atoms with E-state index in [-0.39, 0.29) is 11.5 Å². The smallest absolute Gasteiger partial charge is 0.254 e. The van der Waals surface area contributed by atoms with E-state index in [1.54, 1.807) is 12.1 Å². The number of thiocarbonyl (C=S) groups is 1. The Morgan fingerprint density at radius 2 is 2.17 bits per heavy atom. The van der Waals surface area contributed by atoms with Gasteiger partial charge in [-0.15, -0.1) is 0 Å². The van der Waals surface area contributed by atoms with Crippen LogP contribution < -0.4 is 11.1 Å². The SMILES string of the molecule is Cc1ccc(F)c(C(=O)NCCCCC(N)=S)c1. The maximum atomic E-state index is 13.4. The second-order valence-corrected chi connectivity index (χ2v) is 4.69. The van der Waals surface area contributed by atoms with E-state index in [9.17, 15) is 9.18 Å². The summed E-state index contributed by atoms with van der Waals surface area (Å²) in [6.45, 7) is 2.31. The van der Waals surface area contributed by atoms with Crippen LogP contribution in [0.15, 0.2) is 18.2 Å². The first-order valence-corrected chi connectivity index (χ1v) is 6.24. The number of halogens is 1. The quantitative estimate of drug-likeness (QED) is 0.615. The van der Waals surface area contributed by atoms with Crippen molar-refractivity contribution in [2.45, 2.75) is 26.2 Å². The lowest BCUT2D eigenvalue weighted by molar-refractivity contribution is 0.0949. The number of benzene rings is 1. The maximum Gasteiger partial charge on any atom is 0.254 e. The summed E-state index contributed by atoms with van der Waals surface area (Å²) in [5.41, 5.74) is 6.30. The van der Waals surface area contributed by atoms with Gasteiger partial charge in [0, 0.05) is 6.54 Å². The Labute approximate surface area is 112 Å². The molecule has 0 aliphatic carbocycles. The van der Waals surface area contributed by atoms with E-state index in [0.29, 0.717) is 18.0 Å². The van der Waals surface area contributed by atoms with Crippen molar-refractivity contribution in [1.29, 1.82) is 0 Å². The van der Waals surface area contributed by atoms with Crippen molar-refractivity contribution in [1.82, 2.24) is 5.32 Å². The van der Waals surface area contributed by atoms with Gasteiger partial charge in [-0.2, -0.15) is 0 Å². The molecule has 1 aromatic carbocycles. The van der Waals surface area contributed by atoms with Crippen LogP contribution in [-0.4, -0.2) is 17.4 Å². The van der Waals surface area contributed by atoms with E-state index in [1.165, 1.54) is 6.07 Å². The number of rotatable bonds is 6. The van der Waals surface area contributed by atoms with Gasteiger partial charge in [0.15, 0.2) is 0 Å². The Morgan fingerprint density at radius 3 is 2.83 bits per heavy atom. The molecule has 0 fully saturated rings. The number of hydrogen-bond donors (Lipinski definition) is 2. The predicted octanol–water partition coefficient (Wildman–Crippen LogP) is 2.32. The molecule has 0 aliphatic rings. The molecule has 1 amide bonds. The van der Waals surface area contributed by atoms with Crippen molar-refractivity contribution in [3.8, 4) is 0 Å². The Hall–Kier alpha value is -1.49. The number of hydrogen-bond acceptors (Lipinski definition) is 2. The third-order valence-corrected chi connectivity index (χ3v) is 2.71. The Kier molecular flexibility index (Phi) is 5.71. The number of amides is 1. The fourth-order valence-corrected chi connectivity index (χ4v) is 1.68. The fraction of sp³-hybridized carbons (Fsp3) is 0.385. The number of carbonyl (C=O) groups is 1. The molecule has 18 heavy (non-hydrogen) atoms. The van der Waals surface area contributed by atoms with Gasteiger partial charge in [-0.3, -0.25) is 4.79 Å². The van der Waals surface area contributed by atoms with Crippen LogP contribution in [0.3, 0.4) is 0 Å². The van der Waals surface area contributed by atoms with E-state index < -0.39 is 5.82 Å². The largest absolute Gasteiger partial charge is 0.393 e. The van der Waals surface area contributed by atoms with Crippen LogP contribution in [0.5, 0.6) is 0 Å². The molecule has 98 valence electrons. The molecule has 0 saturated carbocycles. The number of carbonyl (C=O) groups excluding carboxylic acids is 1. The lowest BCUT2D eigenvalue weighted by atomic mass is 10.1. The summed E-state index contributed by atoms with van der Waals surface area (Å²) in [4.78, 5) is 12.2. The van der Waals surface area contributed by atoms with Gasteiger partial charge in [0.25, 0.3) is 5.91 Å². The van der Waals surface area contributed by atoms with Gasteiger partial charge in [0.1, 0.15) is 5.82 Å². The molecule has 0 bridgehead atoms. The van der Waals surface area contributed by atoms with Gasteiger partial charge in [-0.1, -0.05) is 23.8 Å². The van der Waals surface area contributed by atoms with Crippen LogP contribution in [0.1, 0.15) is 35.2 Å². The zero-order chi connectivity index (χ0) is 13.5. The van der Waals surface area contributed by atoms with Crippen molar-refractivity contribution in [2.24, 2.45) is 5.73 Å². The minimum atomic E-state index is -0.499. The van der Waals surface area contributed by atoms with Crippen LogP contribution in [0.2, 0.25) is 0 Å². The minimum absolute atomic E-state index is 0.0874. The minimum Gasteiger partial charge on any atom is -0.393 e. The van der Waals surface area contributed by atoms with E-state index >= 15 is 0 Å². The Balaban J connectivity index is 2.41. The van der Waals surface area contributed by atoms with Gasteiger partial charge in [0.2, 0.25) is 0 Å². The van der Waals surface area contributed by atoms with Crippen LogP contribution in [-0.2, 0) is 0 Å². The molecule has 0 spiro atoms. The van der Waals surface area contributed by atoms with Crippen molar-refractivity contribution in [3.05, 3.63) is 35.1 Å². The summed E-state index contributed by atoms with van der Waals surface area (Å²) in [5.74, 6) is -0.882. The molecule has 0 heterocycles. The maximum absolute atomic E-state index is 13.4. The molecule has 3 nitrogen and oxygen atoms in total. The molecule has 0 aliphatic heterocycles. The first kappa shape index (κ1) is 14.6. The number of nitrogens with one attached hydrogen (secondary N) is 1. The van der Waals surface area contributed by atoms with E-state index in [0.717, 1.165) is 18.4 Å². The summed E-state index contributed by atoms with van der Waals surface area (Å²) < 4.78 is 13.4. The summed E-state index contributed by atoms with van der Waals surface area (Å²) in [6, 6.07) is 4.48. The monoisotopic (exact) mass is 268 g/mol. The molecule has 1 rings (SSSR count). The molecule has 0 aromatic heterocycles. The molecular formula is C13H17FN2OS. The summed E-state index contributed by atoms with van der Waals surface area (Å²) in [5, 5.41) is 2.68. The second-order valence-electron chi connectivity index (χ2n) is 4.16. The van der Waals surface area contributed by atoms with Crippen LogP contribution in [0, 0.1) is 12.7 Å². The molecule has 5 heteroatoms. The highest BCUT2D eigenvalue weighted by Gasteiger charge is 2.10. The lowest BCUT2D eigenvalue weighted by Gasteiger charge is -2.06. The average Bonchev–Trinajstić information content (AvgIpc) is 2.31. The van der Waals surface area contributed by atoms with Crippen molar-refractivity contribution < 1.29 is 9.18 Å². The first-order valence-electron chi connectivity index (χ1n) is 5.83. The van der Waals surface area contributed by atoms with Gasteiger partial charge in [-0.25, -0.2) is 4.39 Å². The molecule has 0 unspecified atom stereocenters. The second kappa shape index (κ2) is 7.06. The normalized spacial score (nSPS) is 10.1. The van der Waals surface area contributed by atoms with E-state index in [1.807, 2.05) is 6.92 Å². The van der Waals surface area contributed by atoms with Crippen molar-refractivity contribution in [2.75, 3.05) is 6.54 Å². The summed E-state index contributed by atoms with van der Waals surface area (Å²) in [7, 11) is 0. The van der Waals surface area contributed by atoms with E-state index in [4.69, 9.17) is 18.0 Å². The average molecular weight is 268 g/mol. The summed E-state index contributed by atoms with van der Waals surface area (Å²) >= 11 is 4.75. The topological polar surface area (TPSA) is 55.1 Å². The zero-order valence-electron chi connectivity index (χ0n) is 10.3. The summed E-state index contributed by atoms with van der Waals surface area (Å²) in [6.07, 6.45) is 2.27. The number of aryl methyl sites for hydroxylation is 1. The lowest BCUT2D eigenvalue weighted by Crippen LogP contribution is -2.25. The zero-order valence-corrected chi connectivity index (χ0v) is 11.1. The van der Waals surface area contributed by atoms with Crippen LogP contribution >= 0.6 is 12.2 Å². The number of nitrogens with two attached hydrogens (primary N) is 1. The highest BCUT2D eigenvalue weighted by Crippen LogP contribution is 2.09. The molecule has 0 saturated heterocycles. The molecule has 3 N–H and O–H groups in total.